The van der Waals surface area contributed by atoms with Crippen LogP contribution in [0.5, 0.6) is 0 Å². The van der Waals surface area contributed by atoms with Gasteiger partial charge in [-0.1, -0.05) is 26.0 Å². The number of anilines is 1. The van der Waals surface area contributed by atoms with Gasteiger partial charge in [-0.05, 0) is 37.6 Å². The summed E-state index contributed by atoms with van der Waals surface area (Å²) < 4.78 is 0. The molecule has 0 bridgehead atoms. The average molecular weight is 220 g/mol. The number of nitrogens with one attached hydrogen (secondary N) is 1. The second-order valence-corrected chi connectivity index (χ2v) is 4.63. The molecule has 0 spiro atoms. The van der Waals surface area contributed by atoms with E-state index in [2.05, 4.69) is 55.3 Å². The fourth-order valence-corrected chi connectivity index (χ4v) is 1.89. The first-order valence-electron chi connectivity index (χ1n) is 6.15. The summed E-state index contributed by atoms with van der Waals surface area (Å²) in [6.45, 7) is 9.88. The van der Waals surface area contributed by atoms with E-state index < -0.39 is 0 Å². The van der Waals surface area contributed by atoms with Gasteiger partial charge in [-0.2, -0.15) is 0 Å². The predicted octanol–water partition coefficient (Wildman–Crippen LogP) is 2.89. The quantitative estimate of drug-likeness (QED) is 0.793. The standard InChI is InChI=1S/C14H24N2/c1-5-16(11-12(2)3)14-8-6-13(7-9-14)10-15-4/h6-9,12,15H,5,10-11H2,1-4H3. The highest BCUT2D eigenvalue weighted by Crippen LogP contribution is 2.16. The normalized spacial score (nSPS) is 10.8. The zero-order valence-electron chi connectivity index (χ0n) is 11.0. The third-order valence-corrected chi connectivity index (χ3v) is 2.65. The maximum atomic E-state index is 3.17. The summed E-state index contributed by atoms with van der Waals surface area (Å²) in [5.74, 6) is 0.705. The van der Waals surface area contributed by atoms with Gasteiger partial charge in [0.2, 0.25) is 0 Å². The summed E-state index contributed by atoms with van der Waals surface area (Å²) in [7, 11) is 1.98. The van der Waals surface area contributed by atoms with Crippen LogP contribution in [-0.4, -0.2) is 20.1 Å². The van der Waals surface area contributed by atoms with Gasteiger partial charge in [-0.3, -0.25) is 0 Å². The van der Waals surface area contributed by atoms with Gasteiger partial charge in [-0.15, -0.1) is 0 Å². The van der Waals surface area contributed by atoms with E-state index in [1.165, 1.54) is 11.3 Å². The molecule has 0 saturated carbocycles. The fourth-order valence-electron chi connectivity index (χ4n) is 1.89. The van der Waals surface area contributed by atoms with E-state index in [9.17, 15) is 0 Å². The van der Waals surface area contributed by atoms with Crippen molar-refractivity contribution in [3.63, 3.8) is 0 Å². The molecule has 1 N–H and O–H groups in total. The first kappa shape index (κ1) is 13.0. The summed E-state index contributed by atoms with van der Waals surface area (Å²) in [5.41, 5.74) is 2.67. The highest BCUT2D eigenvalue weighted by Gasteiger charge is 2.05. The van der Waals surface area contributed by atoms with E-state index in [0.29, 0.717) is 5.92 Å². The molecule has 0 atom stereocenters. The van der Waals surface area contributed by atoms with Crippen molar-refractivity contribution in [1.82, 2.24) is 5.32 Å². The molecule has 0 aliphatic carbocycles. The molecule has 0 saturated heterocycles. The van der Waals surface area contributed by atoms with Crippen molar-refractivity contribution in [2.24, 2.45) is 5.92 Å². The zero-order valence-corrected chi connectivity index (χ0v) is 11.0. The van der Waals surface area contributed by atoms with Gasteiger partial charge in [0.05, 0.1) is 0 Å². The Morgan fingerprint density at radius 2 is 1.81 bits per heavy atom. The third kappa shape index (κ3) is 3.86. The fraction of sp³-hybridized carbons (Fsp3) is 0.571. The molecule has 0 aromatic heterocycles. The molecule has 1 rings (SSSR count). The smallest absolute Gasteiger partial charge is 0.0366 e. The van der Waals surface area contributed by atoms with Gasteiger partial charge in [0, 0.05) is 25.3 Å². The lowest BCUT2D eigenvalue weighted by Crippen LogP contribution is -2.27. The van der Waals surface area contributed by atoms with Gasteiger partial charge >= 0.3 is 0 Å². The Kier molecular flexibility index (Phi) is 5.33. The number of hydrogen-bond acceptors (Lipinski definition) is 2. The van der Waals surface area contributed by atoms with Crippen LogP contribution in [0.15, 0.2) is 24.3 Å². The van der Waals surface area contributed by atoms with E-state index >= 15 is 0 Å². The molecule has 0 fully saturated rings. The first-order valence-corrected chi connectivity index (χ1v) is 6.15. The lowest BCUT2D eigenvalue weighted by molar-refractivity contribution is 0.618. The van der Waals surface area contributed by atoms with Crippen LogP contribution in [0.25, 0.3) is 0 Å². The molecular formula is C14H24N2. The lowest BCUT2D eigenvalue weighted by atomic mass is 10.1. The van der Waals surface area contributed by atoms with Crippen molar-refractivity contribution in [2.75, 3.05) is 25.0 Å². The van der Waals surface area contributed by atoms with Crippen molar-refractivity contribution in [3.8, 4) is 0 Å². The number of nitrogens with zero attached hydrogens (tertiary/aromatic N) is 1. The molecule has 1 aromatic rings. The highest BCUT2D eigenvalue weighted by atomic mass is 15.1. The van der Waals surface area contributed by atoms with Crippen LogP contribution in [0.4, 0.5) is 5.69 Å². The maximum absolute atomic E-state index is 3.17. The minimum Gasteiger partial charge on any atom is -0.372 e. The second-order valence-electron chi connectivity index (χ2n) is 4.63. The Morgan fingerprint density at radius 3 is 2.25 bits per heavy atom. The van der Waals surface area contributed by atoms with Crippen molar-refractivity contribution < 1.29 is 0 Å². The molecule has 0 amide bonds. The number of rotatable bonds is 6. The third-order valence-electron chi connectivity index (χ3n) is 2.65. The van der Waals surface area contributed by atoms with E-state index in [1.807, 2.05) is 7.05 Å². The second kappa shape index (κ2) is 6.54. The zero-order chi connectivity index (χ0) is 12.0. The highest BCUT2D eigenvalue weighted by molar-refractivity contribution is 5.47. The van der Waals surface area contributed by atoms with Crippen LogP contribution < -0.4 is 10.2 Å². The monoisotopic (exact) mass is 220 g/mol. The molecule has 0 aliphatic heterocycles. The summed E-state index contributed by atoms with van der Waals surface area (Å²) >= 11 is 0. The van der Waals surface area contributed by atoms with Gasteiger partial charge in [0.25, 0.3) is 0 Å². The minimum absolute atomic E-state index is 0.705. The SMILES string of the molecule is CCN(CC(C)C)c1ccc(CNC)cc1. The predicted molar refractivity (Wildman–Crippen MR) is 71.9 cm³/mol. The molecular weight excluding hydrogens is 196 g/mol. The van der Waals surface area contributed by atoms with Crippen LogP contribution in [0.2, 0.25) is 0 Å². The Bertz CT molecular complexity index is 290. The lowest BCUT2D eigenvalue weighted by Gasteiger charge is -2.25. The van der Waals surface area contributed by atoms with Gasteiger partial charge in [-0.25, -0.2) is 0 Å². The topological polar surface area (TPSA) is 15.3 Å². The number of hydrogen-bond donors (Lipinski definition) is 1. The Balaban J connectivity index is 2.70. The summed E-state index contributed by atoms with van der Waals surface area (Å²) in [6.07, 6.45) is 0. The van der Waals surface area contributed by atoms with Crippen LogP contribution >= 0.6 is 0 Å². The molecule has 0 aliphatic rings. The Labute approximate surface area is 99.7 Å². The van der Waals surface area contributed by atoms with Crippen LogP contribution in [0, 0.1) is 5.92 Å². The van der Waals surface area contributed by atoms with Crippen LogP contribution in [0.1, 0.15) is 26.3 Å². The van der Waals surface area contributed by atoms with Crippen molar-refractivity contribution in [1.29, 1.82) is 0 Å². The van der Waals surface area contributed by atoms with Gasteiger partial charge in [0.1, 0.15) is 0 Å². The van der Waals surface area contributed by atoms with Crippen molar-refractivity contribution in [2.45, 2.75) is 27.3 Å². The summed E-state index contributed by atoms with van der Waals surface area (Å²) in [4.78, 5) is 2.42. The van der Waals surface area contributed by atoms with Crippen LogP contribution in [-0.2, 0) is 6.54 Å². The molecule has 90 valence electrons. The molecule has 0 unspecified atom stereocenters. The first-order chi connectivity index (χ1) is 7.67. The molecule has 2 nitrogen and oxygen atoms in total. The van der Waals surface area contributed by atoms with Gasteiger partial charge in [0.15, 0.2) is 0 Å². The number of benzene rings is 1. The van der Waals surface area contributed by atoms with Crippen molar-refractivity contribution >= 4 is 5.69 Å². The largest absolute Gasteiger partial charge is 0.372 e. The molecule has 1 aromatic carbocycles. The van der Waals surface area contributed by atoms with Crippen LogP contribution in [0.3, 0.4) is 0 Å². The van der Waals surface area contributed by atoms with Crippen molar-refractivity contribution in [3.05, 3.63) is 29.8 Å². The minimum atomic E-state index is 0.705. The van der Waals surface area contributed by atoms with Gasteiger partial charge < -0.3 is 10.2 Å². The van der Waals surface area contributed by atoms with E-state index in [4.69, 9.17) is 0 Å². The summed E-state index contributed by atoms with van der Waals surface area (Å²) in [6, 6.07) is 8.85. The van der Waals surface area contributed by atoms with E-state index in [1.54, 1.807) is 0 Å². The molecule has 0 heterocycles. The molecule has 16 heavy (non-hydrogen) atoms. The molecule has 2 heteroatoms. The molecule has 0 radical (unpaired) electrons. The average Bonchev–Trinajstić information content (AvgIpc) is 2.27. The van der Waals surface area contributed by atoms with E-state index in [-0.39, 0.29) is 0 Å². The maximum Gasteiger partial charge on any atom is 0.0366 e. The Morgan fingerprint density at radius 1 is 1.19 bits per heavy atom. The van der Waals surface area contributed by atoms with E-state index in [0.717, 1.165) is 19.6 Å². The Hall–Kier alpha value is -1.02. The summed E-state index contributed by atoms with van der Waals surface area (Å²) in [5, 5.41) is 3.17.